The fourth-order valence-corrected chi connectivity index (χ4v) is 7.90. The van der Waals surface area contributed by atoms with Crippen molar-refractivity contribution in [3.05, 3.63) is 90.4 Å². The predicted octanol–water partition coefficient (Wildman–Crippen LogP) is 6.96. The topological polar surface area (TPSA) is 117 Å². The summed E-state index contributed by atoms with van der Waals surface area (Å²) in [5.74, 6) is 0.565. The lowest BCUT2D eigenvalue weighted by Crippen LogP contribution is -2.51. The number of rotatable bonds is 11. The van der Waals surface area contributed by atoms with E-state index in [2.05, 4.69) is 37.8 Å². The number of ether oxygens (including phenoxy) is 1. The maximum Gasteiger partial charge on any atom is 0.319 e. The van der Waals surface area contributed by atoms with Crippen LogP contribution in [0.2, 0.25) is 0 Å². The number of amides is 1. The number of halogens is 3. The number of hydrogen-bond acceptors (Lipinski definition) is 9. The fourth-order valence-electron chi connectivity index (χ4n) is 7.90. The van der Waals surface area contributed by atoms with Crippen molar-refractivity contribution in [1.29, 1.82) is 0 Å². The van der Waals surface area contributed by atoms with Crippen molar-refractivity contribution in [2.24, 2.45) is 0 Å². The van der Waals surface area contributed by atoms with Crippen molar-refractivity contribution in [3.8, 4) is 35.4 Å². The number of nitrogens with zero attached hydrogens (tertiary/aromatic N) is 6. The van der Waals surface area contributed by atoms with Crippen LogP contribution in [0.3, 0.4) is 0 Å². The zero-order valence-corrected chi connectivity index (χ0v) is 30.1. The number of likely N-dealkylation sites (N-methyl/N-ethyl adjacent to an activating group) is 1. The van der Waals surface area contributed by atoms with Gasteiger partial charge in [0.2, 0.25) is 5.91 Å². The Labute approximate surface area is 311 Å². The maximum atomic E-state index is 17.0. The van der Waals surface area contributed by atoms with Gasteiger partial charge in [0, 0.05) is 56.4 Å². The van der Waals surface area contributed by atoms with Crippen LogP contribution in [0.4, 0.5) is 19.0 Å². The molecule has 1 amide bonds. The minimum Gasteiger partial charge on any atom is -0.508 e. The third kappa shape index (κ3) is 6.78. The van der Waals surface area contributed by atoms with Gasteiger partial charge in [-0.2, -0.15) is 9.97 Å². The smallest absolute Gasteiger partial charge is 0.319 e. The molecule has 7 rings (SSSR count). The lowest BCUT2D eigenvalue weighted by molar-refractivity contribution is -0.129. The Morgan fingerprint density at radius 1 is 1.20 bits per heavy atom. The molecule has 54 heavy (non-hydrogen) atoms. The molecule has 1 aliphatic carbocycles. The molecule has 3 aromatic heterocycles. The van der Waals surface area contributed by atoms with E-state index < -0.39 is 28.9 Å². The number of aromatic nitrogens is 4. The highest BCUT2D eigenvalue weighted by Gasteiger charge is 2.44. The standard InChI is InChI=1S/C41H40F3N7O3/c1-5-29-32(43)13-12-25-17-28(52)18-30(34(25)29)36-35(44)37-31(20-46-36)38(47-23-41(14-8-9-15-41)50(4)33(53)6-2)49-39(48-37)54-24-40(3)19-26(42)21-51(40)22-27-11-7-10-16-45-27/h1,6-7,10-13,16-18,20,26,52H,2,8-9,14-15,19,21-24H2,3-4H3,(H,47,48,49)/t26-,40+/m1/s1. The van der Waals surface area contributed by atoms with Crippen LogP contribution in [-0.4, -0.2) is 84.7 Å². The van der Waals surface area contributed by atoms with Gasteiger partial charge < -0.3 is 20.1 Å². The number of pyridine rings is 2. The molecule has 2 aliphatic rings. The van der Waals surface area contributed by atoms with Gasteiger partial charge in [0.15, 0.2) is 5.82 Å². The number of phenols is 1. The fraction of sp³-hybridized carbons (Fsp3) is 0.341. The van der Waals surface area contributed by atoms with Crippen LogP contribution < -0.4 is 10.1 Å². The number of aromatic hydroxyl groups is 1. The number of fused-ring (bicyclic) bond motifs is 2. The summed E-state index contributed by atoms with van der Waals surface area (Å²) in [5, 5.41) is 14.8. The summed E-state index contributed by atoms with van der Waals surface area (Å²) in [6.07, 6.45) is 12.4. The Kier molecular flexibility index (Phi) is 9.89. The number of terminal acetylenes is 1. The van der Waals surface area contributed by atoms with Crippen LogP contribution in [0, 0.1) is 24.0 Å². The molecule has 2 fully saturated rings. The quantitative estimate of drug-likeness (QED) is 0.110. The number of hydrogen-bond donors (Lipinski definition) is 2. The molecule has 4 heterocycles. The van der Waals surface area contributed by atoms with Gasteiger partial charge in [0.05, 0.1) is 27.7 Å². The molecule has 13 heteroatoms. The molecule has 0 radical (unpaired) electrons. The molecule has 1 saturated carbocycles. The Balaban J connectivity index is 1.31. The summed E-state index contributed by atoms with van der Waals surface area (Å²) in [5.41, 5.74) is -0.989. The van der Waals surface area contributed by atoms with Gasteiger partial charge >= 0.3 is 6.01 Å². The molecule has 1 saturated heterocycles. The number of anilines is 1. The average molecular weight is 736 g/mol. The molecule has 10 nitrogen and oxygen atoms in total. The molecule has 0 unspecified atom stereocenters. The average Bonchev–Trinajstić information content (AvgIpc) is 3.76. The number of benzene rings is 2. The number of alkyl halides is 1. The van der Waals surface area contributed by atoms with Gasteiger partial charge in [-0.1, -0.05) is 37.5 Å². The van der Waals surface area contributed by atoms with Crippen LogP contribution in [0.25, 0.3) is 32.9 Å². The first-order valence-electron chi connectivity index (χ1n) is 17.8. The van der Waals surface area contributed by atoms with E-state index in [-0.39, 0.29) is 82.7 Å². The molecule has 0 spiro atoms. The van der Waals surface area contributed by atoms with Crippen LogP contribution in [-0.2, 0) is 11.3 Å². The highest BCUT2D eigenvalue weighted by Crippen LogP contribution is 2.40. The molecule has 2 atom stereocenters. The number of likely N-dealkylation sites (tertiary alicyclic amines) is 1. The maximum absolute atomic E-state index is 17.0. The van der Waals surface area contributed by atoms with Crippen LogP contribution in [0.5, 0.6) is 11.8 Å². The zero-order valence-electron chi connectivity index (χ0n) is 30.1. The van der Waals surface area contributed by atoms with Crippen molar-refractivity contribution < 1.29 is 27.8 Å². The second-order valence-electron chi connectivity index (χ2n) is 14.4. The van der Waals surface area contributed by atoms with E-state index >= 15 is 4.39 Å². The molecule has 1 aliphatic heterocycles. The number of carbonyl (C=O) groups excluding carboxylic acids is 1. The highest BCUT2D eigenvalue weighted by molar-refractivity contribution is 6.03. The largest absolute Gasteiger partial charge is 0.508 e. The first-order valence-corrected chi connectivity index (χ1v) is 17.8. The molecule has 0 bridgehead atoms. The normalized spacial score (nSPS) is 19.5. The molecule has 2 N–H and O–H groups in total. The van der Waals surface area contributed by atoms with E-state index in [1.54, 1.807) is 18.1 Å². The zero-order chi connectivity index (χ0) is 38.2. The summed E-state index contributed by atoms with van der Waals surface area (Å²) < 4.78 is 53.1. The van der Waals surface area contributed by atoms with E-state index in [1.807, 2.05) is 30.0 Å². The van der Waals surface area contributed by atoms with Gasteiger partial charge in [-0.05, 0) is 61.6 Å². The third-order valence-corrected chi connectivity index (χ3v) is 10.9. The van der Waals surface area contributed by atoms with E-state index in [1.165, 1.54) is 36.5 Å². The summed E-state index contributed by atoms with van der Waals surface area (Å²) in [4.78, 5) is 34.4. The predicted molar refractivity (Wildman–Crippen MR) is 201 cm³/mol. The number of nitrogens with one attached hydrogen (secondary N) is 1. The monoisotopic (exact) mass is 735 g/mol. The van der Waals surface area contributed by atoms with Gasteiger partial charge in [-0.3, -0.25) is 19.7 Å². The van der Waals surface area contributed by atoms with Crippen LogP contribution >= 0.6 is 0 Å². The minimum atomic E-state index is -1.10. The van der Waals surface area contributed by atoms with Gasteiger partial charge in [-0.15, -0.1) is 6.42 Å². The molecule has 278 valence electrons. The first kappa shape index (κ1) is 36.6. The first-order chi connectivity index (χ1) is 25.9. The summed E-state index contributed by atoms with van der Waals surface area (Å²) >= 11 is 0. The van der Waals surface area contributed by atoms with E-state index in [0.29, 0.717) is 11.9 Å². The van der Waals surface area contributed by atoms with Crippen molar-refractivity contribution in [2.45, 2.75) is 62.8 Å². The third-order valence-electron chi connectivity index (χ3n) is 10.9. The SMILES string of the molecule is C#Cc1c(F)ccc2cc(O)cc(-c3ncc4c(NCC5(N(C)C(=O)C=C)CCCC5)nc(OC[C@]5(C)C[C@@H](F)CN5Cc5ccccn5)nc4c3F)c12. The lowest BCUT2D eigenvalue weighted by atomic mass is 9.95. The summed E-state index contributed by atoms with van der Waals surface area (Å²) in [6.45, 7) is 6.38. The Bertz CT molecular complexity index is 2290. The molecular formula is C41H40F3N7O3. The second-order valence-corrected chi connectivity index (χ2v) is 14.4. The minimum absolute atomic E-state index is 0.0206. The number of carbonyl (C=O) groups is 1. The van der Waals surface area contributed by atoms with E-state index in [4.69, 9.17) is 11.2 Å². The molecule has 5 aromatic rings. The second kappa shape index (κ2) is 14.6. The number of phenolic OH excluding ortho intramolecular Hbond substituents is 1. The molecule has 2 aromatic carbocycles. The Hall–Kier alpha value is -5.74. The van der Waals surface area contributed by atoms with Gasteiger partial charge in [-0.25, -0.2) is 13.2 Å². The van der Waals surface area contributed by atoms with Crippen LogP contribution in [0.15, 0.2) is 67.5 Å². The van der Waals surface area contributed by atoms with Gasteiger partial charge in [0.1, 0.15) is 41.4 Å². The molecular weight excluding hydrogens is 695 g/mol. The van der Waals surface area contributed by atoms with Crippen molar-refractivity contribution in [2.75, 3.05) is 32.1 Å². The summed E-state index contributed by atoms with van der Waals surface area (Å²) in [6, 6.07) is 10.7. The van der Waals surface area contributed by atoms with Crippen LogP contribution in [0.1, 0.15) is 50.3 Å². The van der Waals surface area contributed by atoms with Crippen molar-refractivity contribution in [1.82, 2.24) is 29.7 Å². The van der Waals surface area contributed by atoms with Gasteiger partial charge in [0.25, 0.3) is 0 Å². The summed E-state index contributed by atoms with van der Waals surface area (Å²) in [7, 11) is 1.74. The highest BCUT2D eigenvalue weighted by atomic mass is 19.1. The lowest BCUT2D eigenvalue weighted by Gasteiger charge is -2.38. The van der Waals surface area contributed by atoms with E-state index in [9.17, 15) is 18.7 Å². The van der Waals surface area contributed by atoms with Crippen molar-refractivity contribution in [3.63, 3.8) is 0 Å². The Morgan fingerprint density at radius 2 is 2.00 bits per heavy atom. The van der Waals surface area contributed by atoms with E-state index in [0.717, 1.165) is 31.4 Å². The van der Waals surface area contributed by atoms with Crippen molar-refractivity contribution >= 4 is 33.4 Å². The Morgan fingerprint density at radius 3 is 2.72 bits per heavy atom.